The average Bonchev–Trinajstić information content (AvgIpc) is 2.31. The molecule has 1 aliphatic heterocycles. The monoisotopic (exact) mass is 250 g/mol. The van der Waals surface area contributed by atoms with E-state index < -0.39 is 0 Å². The smallest absolute Gasteiger partial charge is 0.224 e. The van der Waals surface area contributed by atoms with Crippen molar-refractivity contribution in [3.8, 4) is 5.75 Å². The first-order valence-electron chi connectivity index (χ1n) is 5.98. The van der Waals surface area contributed by atoms with Crippen LogP contribution in [0.5, 0.6) is 5.75 Å². The number of methoxy groups -OCH3 is 1. The minimum absolute atomic E-state index is 0.0307. The fraction of sp³-hybridized carbons (Fsp3) is 0.462. The van der Waals surface area contributed by atoms with Crippen molar-refractivity contribution in [2.75, 3.05) is 24.8 Å². The summed E-state index contributed by atoms with van der Waals surface area (Å²) in [4.78, 5) is 11.3. The molecule has 1 aromatic carbocycles. The van der Waals surface area contributed by atoms with Crippen molar-refractivity contribution >= 4 is 17.3 Å². The van der Waals surface area contributed by atoms with Gasteiger partial charge in [-0.1, -0.05) is 0 Å². The van der Waals surface area contributed by atoms with Crippen molar-refractivity contribution in [1.82, 2.24) is 0 Å². The molecule has 0 bridgehead atoms. The van der Waals surface area contributed by atoms with E-state index in [1.807, 2.05) is 13.0 Å². The molecule has 0 aliphatic carbocycles. The van der Waals surface area contributed by atoms with Crippen LogP contribution in [-0.4, -0.2) is 25.7 Å². The zero-order valence-corrected chi connectivity index (χ0v) is 10.7. The largest absolute Gasteiger partial charge is 0.486 e. The molecule has 0 aromatic heterocycles. The Morgan fingerprint density at radius 1 is 1.44 bits per heavy atom. The van der Waals surface area contributed by atoms with Gasteiger partial charge in [0.25, 0.3) is 0 Å². The second-order valence-corrected chi connectivity index (χ2v) is 4.48. The Morgan fingerprint density at radius 3 is 2.94 bits per heavy atom. The molecule has 0 saturated carbocycles. The molecule has 3 N–H and O–H groups in total. The van der Waals surface area contributed by atoms with Gasteiger partial charge in [0.2, 0.25) is 5.91 Å². The van der Waals surface area contributed by atoms with Gasteiger partial charge in [-0.25, -0.2) is 0 Å². The minimum Gasteiger partial charge on any atom is -0.486 e. The SMILES string of the molecule is COCC(C)Oc1cc2c(cc1N)CCC(=O)N2. The van der Waals surface area contributed by atoms with Gasteiger partial charge in [0.15, 0.2) is 0 Å². The van der Waals surface area contributed by atoms with Crippen LogP contribution >= 0.6 is 0 Å². The standard InChI is InChI=1S/C13H18N2O3/c1-8(7-17-2)18-12-6-11-9(5-10(12)14)3-4-13(16)15-11/h5-6,8H,3-4,7,14H2,1-2H3,(H,15,16). The lowest BCUT2D eigenvalue weighted by Crippen LogP contribution is -2.21. The summed E-state index contributed by atoms with van der Waals surface area (Å²) in [6, 6.07) is 3.65. The summed E-state index contributed by atoms with van der Waals surface area (Å²) in [5.41, 5.74) is 8.38. The third-order valence-corrected chi connectivity index (χ3v) is 2.86. The molecule has 0 fully saturated rings. The Bertz CT molecular complexity index is 460. The molecule has 1 heterocycles. The van der Waals surface area contributed by atoms with Crippen LogP contribution in [0.1, 0.15) is 18.9 Å². The molecule has 0 spiro atoms. The van der Waals surface area contributed by atoms with Crippen molar-refractivity contribution in [3.05, 3.63) is 17.7 Å². The predicted molar refractivity (Wildman–Crippen MR) is 69.8 cm³/mol. The Morgan fingerprint density at radius 2 is 2.22 bits per heavy atom. The van der Waals surface area contributed by atoms with Gasteiger partial charge in [-0.05, 0) is 25.0 Å². The summed E-state index contributed by atoms with van der Waals surface area (Å²) in [6.07, 6.45) is 1.14. The Hall–Kier alpha value is -1.75. The van der Waals surface area contributed by atoms with Crippen molar-refractivity contribution in [1.29, 1.82) is 0 Å². The highest BCUT2D eigenvalue weighted by Crippen LogP contribution is 2.33. The highest BCUT2D eigenvalue weighted by atomic mass is 16.5. The van der Waals surface area contributed by atoms with Crippen LogP contribution in [0, 0.1) is 0 Å². The van der Waals surface area contributed by atoms with E-state index in [4.69, 9.17) is 15.2 Å². The zero-order chi connectivity index (χ0) is 13.1. The fourth-order valence-electron chi connectivity index (χ4n) is 2.02. The van der Waals surface area contributed by atoms with Crippen LogP contribution in [0.15, 0.2) is 12.1 Å². The van der Waals surface area contributed by atoms with E-state index in [-0.39, 0.29) is 12.0 Å². The average molecular weight is 250 g/mol. The molecule has 18 heavy (non-hydrogen) atoms. The Kier molecular flexibility index (Phi) is 3.72. The lowest BCUT2D eigenvalue weighted by atomic mass is 10.0. The van der Waals surface area contributed by atoms with Crippen LogP contribution in [0.4, 0.5) is 11.4 Å². The Balaban J connectivity index is 2.21. The van der Waals surface area contributed by atoms with Crippen LogP contribution in [0.3, 0.4) is 0 Å². The van der Waals surface area contributed by atoms with E-state index in [9.17, 15) is 4.79 Å². The molecule has 2 rings (SSSR count). The summed E-state index contributed by atoms with van der Waals surface area (Å²) in [5, 5.41) is 2.83. The minimum atomic E-state index is -0.0883. The molecule has 1 unspecified atom stereocenters. The highest BCUT2D eigenvalue weighted by Gasteiger charge is 2.18. The van der Waals surface area contributed by atoms with Crippen LogP contribution < -0.4 is 15.8 Å². The molecule has 1 amide bonds. The zero-order valence-electron chi connectivity index (χ0n) is 10.7. The number of anilines is 2. The quantitative estimate of drug-likeness (QED) is 0.795. The molecule has 0 radical (unpaired) electrons. The van der Waals surface area contributed by atoms with Gasteiger partial charge in [0, 0.05) is 25.3 Å². The maximum absolute atomic E-state index is 11.3. The molecule has 98 valence electrons. The molecule has 0 saturated heterocycles. The number of amides is 1. The number of carbonyl (C=O) groups is 1. The number of aryl methyl sites for hydroxylation is 1. The predicted octanol–water partition coefficient (Wildman–Crippen LogP) is 1.57. The van der Waals surface area contributed by atoms with E-state index >= 15 is 0 Å². The number of fused-ring (bicyclic) bond motifs is 1. The van der Waals surface area contributed by atoms with Gasteiger partial charge in [-0.3, -0.25) is 4.79 Å². The molecule has 1 atom stereocenters. The van der Waals surface area contributed by atoms with Crippen molar-refractivity contribution in [2.45, 2.75) is 25.9 Å². The van der Waals surface area contributed by atoms with E-state index in [1.54, 1.807) is 13.2 Å². The second-order valence-electron chi connectivity index (χ2n) is 4.48. The number of nitrogen functional groups attached to an aromatic ring is 1. The topological polar surface area (TPSA) is 73.6 Å². The first-order valence-corrected chi connectivity index (χ1v) is 5.98. The molecule has 5 nitrogen and oxygen atoms in total. The maximum Gasteiger partial charge on any atom is 0.224 e. The number of benzene rings is 1. The normalized spacial score (nSPS) is 15.8. The molecule has 1 aliphatic rings. The number of hydrogen-bond donors (Lipinski definition) is 2. The van der Waals surface area contributed by atoms with Gasteiger partial charge in [0.05, 0.1) is 12.3 Å². The van der Waals surface area contributed by atoms with Crippen LogP contribution in [0.25, 0.3) is 0 Å². The van der Waals surface area contributed by atoms with Crippen LogP contribution in [0.2, 0.25) is 0 Å². The van der Waals surface area contributed by atoms with Crippen molar-refractivity contribution < 1.29 is 14.3 Å². The third kappa shape index (κ3) is 2.73. The van der Waals surface area contributed by atoms with Gasteiger partial charge in [0.1, 0.15) is 11.9 Å². The summed E-state index contributed by atoms with van der Waals surface area (Å²) in [5.74, 6) is 0.615. The first kappa shape index (κ1) is 12.7. The van der Waals surface area contributed by atoms with E-state index in [0.29, 0.717) is 24.5 Å². The number of ether oxygens (including phenoxy) is 2. The highest BCUT2D eigenvalue weighted by molar-refractivity contribution is 5.94. The molecular weight excluding hydrogens is 232 g/mol. The molecular formula is C13H18N2O3. The first-order chi connectivity index (χ1) is 8.60. The lowest BCUT2D eigenvalue weighted by Gasteiger charge is -2.21. The van der Waals surface area contributed by atoms with Gasteiger partial charge in [-0.15, -0.1) is 0 Å². The van der Waals surface area contributed by atoms with Gasteiger partial charge >= 0.3 is 0 Å². The molecule has 5 heteroatoms. The Labute approximate surface area is 106 Å². The van der Waals surface area contributed by atoms with Crippen LogP contribution in [-0.2, 0) is 16.0 Å². The summed E-state index contributed by atoms with van der Waals surface area (Å²) in [6.45, 7) is 2.39. The van der Waals surface area contributed by atoms with Gasteiger partial charge < -0.3 is 20.5 Å². The van der Waals surface area contributed by atoms with E-state index in [1.165, 1.54) is 0 Å². The lowest BCUT2D eigenvalue weighted by molar-refractivity contribution is -0.116. The maximum atomic E-state index is 11.3. The van der Waals surface area contributed by atoms with Gasteiger partial charge in [-0.2, -0.15) is 0 Å². The summed E-state index contributed by atoms with van der Waals surface area (Å²) >= 11 is 0. The van der Waals surface area contributed by atoms with E-state index in [0.717, 1.165) is 17.7 Å². The number of carbonyl (C=O) groups excluding carboxylic acids is 1. The number of rotatable bonds is 4. The van der Waals surface area contributed by atoms with E-state index in [2.05, 4.69) is 5.32 Å². The second kappa shape index (κ2) is 5.27. The third-order valence-electron chi connectivity index (χ3n) is 2.86. The van der Waals surface area contributed by atoms with Crippen molar-refractivity contribution in [3.63, 3.8) is 0 Å². The number of nitrogens with two attached hydrogens (primary N) is 1. The summed E-state index contributed by atoms with van der Waals surface area (Å²) in [7, 11) is 1.62. The fourth-order valence-corrected chi connectivity index (χ4v) is 2.02. The number of nitrogens with one attached hydrogen (secondary N) is 1. The molecule has 1 aromatic rings. The number of hydrogen-bond acceptors (Lipinski definition) is 4. The van der Waals surface area contributed by atoms with Crippen molar-refractivity contribution in [2.24, 2.45) is 0 Å². The summed E-state index contributed by atoms with van der Waals surface area (Å²) < 4.78 is 10.7.